The number of nitrogens with one attached hydrogen (secondary N) is 1. The Balaban J connectivity index is 1.26. The van der Waals surface area contributed by atoms with Crippen LogP contribution in [-0.2, 0) is 24.4 Å². The standard InChI is InChI=1S/C33H26ClF2N3O7/c34-25-9-21(15-39-26(16-40)32(41)42)29(43-17-19-8-18(12-37)13-38-14-19)11-30(25)44-27-7-5-23-22(2-1-3-24(23)27)20-4-6-28-31(10-20)46-33(35,36)45-28/h1-4,6,8-11,13-14,26-27,39-40H,5,7,15-17H2,(H,41,42)/t26-,27-/m0/s1. The predicted octanol–water partition coefficient (Wildman–Crippen LogP) is 5.78. The molecule has 0 bridgehead atoms. The Morgan fingerprint density at radius 1 is 1.15 bits per heavy atom. The molecule has 4 aromatic rings. The zero-order valence-electron chi connectivity index (χ0n) is 24.0. The van der Waals surface area contributed by atoms with Gasteiger partial charge in [-0.05, 0) is 59.4 Å². The summed E-state index contributed by atoms with van der Waals surface area (Å²) >= 11 is 6.67. The van der Waals surface area contributed by atoms with Gasteiger partial charge in [0, 0.05) is 36.1 Å². The Labute approximate surface area is 266 Å². The first kappa shape index (κ1) is 31.0. The number of fused-ring (bicyclic) bond motifs is 2. The highest BCUT2D eigenvalue weighted by atomic mass is 35.5. The minimum Gasteiger partial charge on any atom is -0.488 e. The first-order valence-corrected chi connectivity index (χ1v) is 14.6. The van der Waals surface area contributed by atoms with Gasteiger partial charge in [0.15, 0.2) is 11.5 Å². The molecule has 3 aromatic carbocycles. The number of nitriles is 1. The van der Waals surface area contributed by atoms with E-state index in [1.165, 1.54) is 18.3 Å². The second-order valence-corrected chi connectivity index (χ2v) is 11.1. The molecule has 2 atom stereocenters. The van der Waals surface area contributed by atoms with E-state index in [9.17, 15) is 29.1 Å². The highest BCUT2D eigenvalue weighted by Crippen LogP contribution is 2.46. The number of pyridine rings is 1. The molecule has 1 aliphatic carbocycles. The van der Waals surface area contributed by atoms with Gasteiger partial charge < -0.3 is 29.2 Å². The van der Waals surface area contributed by atoms with Crippen molar-refractivity contribution in [1.29, 1.82) is 5.26 Å². The van der Waals surface area contributed by atoms with Gasteiger partial charge in [0.05, 0.1) is 17.2 Å². The quantitative estimate of drug-likeness (QED) is 0.183. The average Bonchev–Trinajstić information content (AvgIpc) is 3.59. The number of aliphatic carboxylic acids is 1. The number of benzene rings is 3. The summed E-state index contributed by atoms with van der Waals surface area (Å²) < 4.78 is 48.9. The van der Waals surface area contributed by atoms with Crippen LogP contribution < -0.4 is 24.3 Å². The molecule has 10 nitrogen and oxygen atoms in total. The zero-order valence-corrected chi connectivity index (χ0v) is 24.8. The van der Waals surface area contributed by atoms with Crippen LogP contribution in [0.3, 0.4) is 0 Å². The van der Waals surface area contributed by atoms with E-state index in [1.807, 2.05) is 24.3 Å². The number of nitrogens with zero attached hydrogens (tertiary/aromatic N) is 2. The second-order valence-electron chi connectivity index (χ2n) is 10.7. The van der Waals surface area contributed by atoms with Crippen molar-refractivity contribution in [2.24, 2.45) is 0 Å². The lowest BCUT2D eigenvalue weighted by Gasteiger charge is -2.20. The first-order chi connectivity index (χ1) is 22.1. The van der Waals surface area contributed by atoms with Crippen molar-refractivity contribution < 1.29 is 42.7 Å². The maximum absolute atomic E-state index is 13.6. The molecule has 6 rings (SSSR count). The Bertz CT molecular complexity index is 1850. The lowest BCUT2D eigenvalue weighted by molar-refractivity contribution is -0.286. The van der Waals surface area contributed by atoms with E-state index in [1.54, 1.807) is 30.5 Å². The molecule has 0 fully saturated rings. The van der Waals surface area contributed by atoms with Crippen molar-refractivity contribution in [3.05, 3.63) is 99.8 Å². The van der Waals surface area contributed by atoms with Crippen LogP contribution in [0.4, 0.5) is 8.78 Å². The summed E-state index contributed by atoms with van der Waals surface area (Å²) in [4.78, 5) is 15.5. The summed E-state index contributed by atoms with van der Waals surface area (Å²) in [5.74, 6) is -0.607. The number of carboxylic acids is 1. The molecule has 0 spiro atoms. The zero-order chi connectivity index (χ0) is 32.4. The third-order valence-corrected chi connectivity index (χ3v) is 7.95. The number of halogens is 3. The van der Waals surface area contributed by atoms with Crippen LogP contribution in [0.1, 0.15) is 40.3 Å². The van der Waals surface area contributed by atoms with Crippen LogP contribution in [0.25, 0.3) is 11.1 Å². The molecule has 2 heterocycles. The molecule has 2 aliphatic rings. The maximum atomic E-state index is 13.6. The number of aliphatic hydroxyl groups is 1. The van der Waals surface area contributed by atoms with E-state index in [4.69, 9.17) is 21.1 Å². The highest BCUT2D eigenvalue weighted by Gasteiger charge is 2.43. The molecule has 46 heavy (non-hydrogen) atoms. The van der Waals surface area contributed by atoms with Crippen LogP contribution in [0, 0.1) is 11.3 Å². The predicted molar refractivity (Wildman–Crippen MR) is 160 cm³/mol. The molecule has 236 valence electrons. The van der Waals surface area contributed by atoms with Crippen molar-refractivity contribution in [3.63, 3.8) is 0 Å². The van der Waals surface area contributed by atoms with Gasteiger partial charge in [0.1, 0.15) is 36.3 Å². The number of aliphatic hydroxyl groups excluding tert-OH is 1. The minimum atomic E-state index is -3.71. The lowest BCUT2D eigenvalue weighted by Crippen LogP contribution is -2.39. The molecule has 3 N–H and O–H groups in total. The molecule has 0 saturated carbocycles. The fourth-order valence-corrected chi connectivity index (χ4v) is 5.70. The van der Waals surface area contributed by atoms with Crippen molar-refractivity contribution in [3.8, 4) is 40.2 Å². The van der Waals surface area contributed by atoms with Gasteiger partial charge in [0.2, 0.25) is 0 Å². The van der Waals surface area contributed by atoms with E-state index < -0.39 is 24.9 Å². The van der Waals surface area contributed by atoms with Crippen molar-refractivity contribution in [2.45, 2.75) is 44.4 Å². The number of rotatable bonds is 11. The number of hydrogen-bond acceptors (Lipinski definition) is 9. The van der Waals surface area contributed by atoms with E-state index in [0.29, 0.717) is 46.6 Å². The Kier molecular flexibility index (Phi) is 8.64. The SMILES string of the molecule is N#Cc1cncc(COc2cc(O[C@H]3CCc4c(-c5ccc6c(c5)OC(F)(F)O6)cccc43)c(Cl)cc2CN[C@@H](CO)C(=O)O)c1. The monoisotopic (exact) mass is 649 g/mol. The molecule has 0 amide bonds. The molecule has 1 aromatic heterocycles. The summed E-state index contributed by atoms with van der Waals surface area (Å²) in [5, 5.41) is 31.0. The van der Waals surface area contributed by atoms with Crippen LogP contribution >= 0.6 is 11.6 Å². The normalized spacial score (nSPS) is 16.4. The van der Waals surface area contributed by atoms with Crippen LogP contribution in [0.2, 0.25) is 5.02 Å². The van der Waals surface area contributed by atoms with Crippen LogP contribution in [0.15, 0.2) is 67.0 Å². The fourth-order valence-electron chi connectivity index (χ4n) is 5.47. The second kappa shape index (κ2) is 12.8. The lowest BCUT2D eigenvalue weighted by atomic mass is 9.96. The van der Waals surface area contributed by atoms with Crippen molar-refractivity contribution >= 4 is 17.6 Å². The van der Waals surface area contributed by atoms with Crippen LogP contribution in [-0.4, -0.2) is 40.1 Å². The third-order valence-electron chi connectivity index (χ3n) is 7.65. The van der Waals surface area contributed by atoms with E-state index in [-0.39, 0.29) is 35.8 Å². The smallest absolute Gasteiger partial charge is 0.488 e. The van der Waals surface area contributed by atoms with Gasteiger partial charge in [-0.15, -0.1) is 8.78 Å². The van der Waals surface area contributed by atoms with Gasteiger partial charge in [-0.1, -0.05) is 35.9 Å². The third kappa shape index (κ3) is 6.53. The van der Waals surface area contributed by atoms with Gasteiger partial charge >= 0.3 is 12.3 Å². The summed E-state index contributed by atoms with van der Waals surface area (Å²) in [7, 11) is 0. The number of ether oxygens (including phenoxy) is 4. The first-order valence-electron chi connectivity index (χ1n) is 14.2. The summed E-state index contributed by atoms with van der Waals surface area (Å²) in [6.45, 7) is -0.550. The molecule has 0 saturated heterocycles. The van der Waals surface area contributed by atoms with Gasteiger partial charge in [-0.3, -0.25) is 15.1 Å². The average molecular weight is 650 g/mol. The van der Waals surface area contributed by atoms with Gasteiger partial charge in [-0.2, -0.15) is 5.26 Å². The van der Waals surface area contributed by atoms with Crippen molar-refractivity contribution in [2.75, 3.05) is 6.61 Å². The highest BCUT2D eigenvalue weighted by molar-refractivity contribution is 6.32. The molecular weight excluding hydrogens is 624 g/mol. The Morgan fingerprint density at radius 3 is 2.76 bits per heavy atom. The largest absolute Gasteiger partial charge is 0.586 e. The Hall–Kier alpha value is -4.96. The van der Waals surface area contributed by atoms with Crippen molar-refractivity contribution in [1.82, 2.24) is 10.3 Å². The number of carbonyl (C=O) groups is 1. The number of hydrogen-bond donors (Lipinski definition) is 3. The number of aromatic nitrogens is 1. The summed E-state index contributed by atoms with van der Waals surface area (Å²) in [6, 6.07) is 16.1. The fraction of sp³-hybridized carbons (Fsp3) is 0.242. The van der Waals surface area contributed by atoms with Gasteiger partial charge in [-0.25, -0.2) is 0 Å². The Morgan fingerprint density at radius 2 is 1.98 bits per heavy atom. The van der Waals surface area contributed by atoms with E-state index >= 15 is 0 Å². The molecular formula is C33H26ClF2N3O7. The molecule has 0 unspecified atom stereocenters. The number of carboxylic acid groups (broad SMARTS) is 1. The molecule has 1 aliphatic heterocycles. The van der Waals surface area contributed by atoms with E-state index in [2.05, 4.69) is 19.8 Å². The van der Waals surface area contributed by atoms with Crippen LogP contribution in [0.5, 0.6) is 23.0 Å². The molecule has 13 heteroatoms. The summed E-state index contributed by atoms with van der Waals surface area (Å²) in [6.07, 6.45) is 0.184. The minimum absolute atomic E-state index is 0.0143. The van der Waals surface area contributed by atoms with E-state index in [0.717, 1.165) is 16.7 Å². The summed E-state index contributed by atoms with van der Waals surface area (Å²) in [5.41, 5.74) is 4.99. The topological polar surface area (TPSA) is 143 Å². The number of alkyl halides is 2. The molecule has 0 radical (unpaired) electrons. The maximum Gasteiger partial charge on any atom is 0.586 e. The van der Waals surface area contributed by atoms with Gasteiger partial charge in [0.25, 0.3) is 0 Å².